The van der Waals surface area contributed by atoms with Gasteiger partial charge >= 0.3 is 29.8 Å². The Hall–Kier alpha value is -6.94. The predicted molar refractivity (Wildman–Crippen MR) is 184 cm³/mol. The van der Waals surface area contributed by atoms with E-state index >= 15 is 0 Å². The molecule has 1 heterocycles. The highest BCUT2D eigenvalue weighted by Gasteiger charge is 2.55. The zero-order valence-corrected chi connectivity index (χ0v) is 29.0. The molecule has 0 saturated carbocycles. The summed E-state index contributed by atoms with van der Waals surface area (Å²) >= 11 is 0. The van der Waals surface area contributed by atoms with Crippen molar-refractivity contribution < 1.29 is 74.3 Å². The molecule has 0 aliphatic carbocycles. The number of hydrogen-bond donors (Lipinski definition) is 0. The summed E-state index contributed by atoms with van der Waals surface area (Å²) in [7, 11) is 0. The average molecular weight is 791 g/mol. The number of carbonyl (C=O) groups is 5. The van der Waals surface area contributed by atoms with Crippen LogP contribution in [0.4, 0.5) is 22.0 Å². The molecule has 11 nitrogen and oxygen atoms in total. The molecular weight excluding hydrogens is 763 g/mol. The Labute approximate surface area is 319 Å². The quantitative estimate of drug-likeness (QED) is 0.0793. The van der Waals surface area contributed by atoms with Crippen molar-refractivity contribution in [3.63, 3.8) is 0 Å². The molecule has 0 unspecified atom stereocenters. The SMILES string of the molecule is O=C(OC[C@@H]1O[C@@H](OC(=O)c2cccc(F)c2)[C@@H](OC(=O)c2cccc(F)c2)[C@H](OC(=O)c2cccc(F)c2)[C@H]1OC(=O)c1cccc(F)c1)c1cccc(F)c1. The maximum Gasteiger partial charge on any atom is 0.340 e. The number of carbonyl (C=O) groups excluding carboxylic acids is 5. The Morgan fingerprint density at radius 1 is 0.421 bits per heavy atom. The molecule has 0 N–H and O–H groups in total. The smallest absolute Gasteiger partial charge is 0.340 e. The molecule has 1 aliphatic heterocycles. The van der Waals surface area contributed by atoms with E-state index < -0.39 is 107 Å². The van der Waals surface area contributed by atoms with Gasteiger partial charge in [-0.3, -0.25) is 0 Å². The molecule has 57 heavy (non-hydrogen) atoms. The van der Waals surface area contributed by atoms with Gasteiger partial charge in [0.1, 0.15) is 41.8 Å². The second kappa shape index (κ2) is 17.7. The van der Waals surface area contributed by atoms with Crippen molar-refractivity contribution in [2.24, 2.45) is 0 Å². The van der Waals surface area contributed by atoms with Crippen LogP contribution in [0.2, 0.25) is 0 Å². The van der Waals surface area contributed by atoms with Gasteiger partial charge in [0, 0.05) is 0 Å². The number of benzene rings is 5. The zero-order chi connectivity index (χ0) is 40.6. The van der Waals surface area contributed by atoms with Gasteiger partial charge in [0.2, 0.25) is 12.4 Å². The first-order valence-electron chi connectivity index (χ1n) is 16.8. The Morgan fingerprint density at radius 2 is 0.737 bits per heavy atom. The van der Waals surface area contributed by atoms with Crippen molar-refractivity contribution in [2.45, 2.75) is 30.7 Å². The highest BCUT2D eigenvalue weighted by Crippen LogP contribution is 2.32. The van der Waals surface area contributed by atoms with E-state index in [0.717, 1.165) is 91.0 Å². The van der Waals surface area contributed by atoms with E-state index in [-0.39, 0.29) is 16.7 Å². The van der Waals surface area contributed by atoms with E-state index in [1.807, 2.05) is 0 Å². The summed E-state index contributed by atoms with van der Waals surface area (Å²) in [5.41, 5.74) is -1.84. The van der Waals surface area contributed by atoms with Crippen LogP contribution in [0.15, 0.2) is 121 Å². The van der Waals surface area contributed by atoms with E-state index in [2.05, 4.69) is 0 Å². The Bertz CT molecular complexity index is 2320. The number of rotatable bonds is 11. The van der Waals surface area contributed by atoms with Gasteiger partial charge in [-0.2, -0.15) is 0 Å². The molecular formula is C41H27F5O11. The molecule has 5 aromatic rings. The van der Waals surface area contributed by atoms with Crippen LogP contribution < -0.4 is 0 Å². The normalized spacial score (nSPS) is 18.8. The van der Waals surface area contributed by atoms with Crippen LogP contribution in [0.3, 0.4) is 0 Å². The van der Waals surface area contributed by atoms with Gasteiger partial charge in [-0.25, -0.2) is 45.9 Å². The van der Waals surface area contributed by atoms with Gasteiger partial charge in [0.15, 0.2) is 12.2 Å². The predicted octanol–water partition coefficient (Wildman–Crippen LogP) is 6.80. The molecule has 1 fully saturated rings. The summed E-state index contributed by atoms with van der Waals surface area (Å²) in [6.07, 6.45) is -10.3. The number of halogens is 5. The molecule has 1 aliphatic rings. The Balaban J connectivity index is 1.45. The Kier molecular flexibility index (Phi) is 12.3. The second-order valence-electron chi connectivity index (χ2n) is 12.2. The number of esters is 5. The third-order valence-corrected chi connectivity index (χ3v) is 8.22. The van der Waals surface area contributed by atoms with E-state index in [0.29, 0.717) is 0 Å². The molecule has 5 aromatic carbocycles. The van der Waals surface area contributed by atoms with Crippen molar-refractivity contribution in [2.75, 3.05) is 6.61 Å². The molecule has 5 atom stereocenters. The lowest BCUT2D eigenvalue weighted by molar-refractivity contribution is -0.282. The first kappa shape index (κ1) is 39.7. The topological polar surface area (TPSA) is 141 Å². The minimum absolute atomic E-state index is 0.274. The minimum Gasteiger partial charge on any atom is -0.459 e. The maximum atomic E-state index is 14.3. The van der Waals surface area contributed by atoms with Gasteiger partial charge in [-0.05, 0) is 91.0 Å². The van der Waals surface area contributed by atoms with Crippen molar-refractivity contribution in [1.29, 1.82) is 0 Å². The summed E-state index contributed by atoms with van der Waals surface area (Å²) in [6, 6.07) is 20.9. The van der Waals surface area contributed by atoms with Crippen LogP contribution in [0.1, 0.15) is 51.8 Å². The van der Waals surface area contributed by atoms with Crippen LogP contribution in [-0.2, 0) is 28.4 Å². The molecule has 16 heteroatoms. The fourth-order valence-electron chi connectivity index (χ4n) is 5.58. The fraction of sp³-hybridized carbons (Fsp3) is 0.146. The van der Waals surface area contributed by atoms with Crippen molar-refractivity contribution >= 4 is 29.8 Å². The summed E-state index contributed by atoms with van der Waals surface area (Å²) in [4.78, 5) is 67.2. The third kappa shape index (κ3) is 10.0. The van der Waals surface area contributed by atoms with Gasteiger partial charge in [0.25, 0.3) is 0 Å². The van der Waals surface area contributed by atoms with Gasteiger partial charge in [-0.1, -0.05) is 30.3 Å². The zero-order valence-electron chi connectivity index (χ0n) is 29.0. The molecule has 0 amide bonds. The molecule has 1 saturated heterocycles. The third-order valence-electron chi connectivity index (χ3n) is 8.22. The van der Waals surface area contributed by atoms with Gasteiger partial charge < -0.3 is 28.4 Å². The summed E-state index contributed by atoms with van der Waals surface area (Å²) < 4.78 is 105. The van der Waals surface area contributed by atoms with Crippen molar-refractivity contribution in [1.82, 2.24) is 0 Å². The highest BCUT2D eigenvalue weighted by atomic mass is 19.1. The first-order chi connectivity index (χ1) is 27.3. The summed E-state index contributed by atoms with van der Waals surface area (Å²) in [5, 5.41) is 0. The van der Waals surface area contributed by atoms with Crippen LogP contribution in [-0.4, -0.2) is 67.2 Å². The van der Waals surface area contributed by atoms with Crippen molar-refractivity contribution in [3.8, 4) is 0 Å². The lowest BCUT2D eigenvalue weighted by atomic mass is 9.97. The van der Waals surface area contributed by atoms with E-state index in [4.69, 9.17) is 28.4 Å². The van der Waals surface area contributed by atoms with Crippen LogP contribution in [0, 0.1) is 29.1 Å². The molecule has 0 bridgehead atoms. The Morgan fingerprint density at radius 3 is 1.11 bits per heavy atom. The molecule has 6 rings (SSSR count). The van der Waals surface area contributed by atoms with E-state index in [1.165, 1.54) is 30.3 Å². The van der Waals surface area contributed by atoms with Crippen LogP contribution in [0.5, 0.6) is 0 Å². The fourth-order valence-corrected chi connectivity index (χ4v) is 5.58. The molecule has 0 spiro atoms. The highest BCUT2D eigenvalue weighted by molar-refractivity contribution is 5.92. The van der Waals surface area contributed by atoms with Gasteiger partial charge in [-0.15, -0.1) is 0 Å². The van der Waals surface area contributed by atoms with Crippen LogP contribution in [0.25, 0.3) is 0 Å². The number of ether oxygens (including phenoxy) is 6. The molecule has 0 radical (unpaired) electrons. The maximum absolute atomic E-state index is 14.3. The van der Waals surface area contributed by atoms with Crippen molar-refractivity contribution in [3.05, 3.63) is 178 Å². The summed E-state index contributed by atoms with van der Waals surface area (Å²) in [6.45, 7) is -0.928. The first-order valence-corrected chi connectivity index (χ1v) is 16.8. The minimum atomic E-state index is -2.18. The van der Waals surface area contributed by atoms with E-state index in [1.54, 1.807) is 0 Å². The lowest BCUT2D eigenvalue weighted by Crippen LogP contribution is -2.63. The molecule has 0 aromatic heterocycles. The lowest BCUT2D eigenvalue weighted by Gasteiger charge is -2.43. The standard InChI is InChI=1S/C41H27F5O11/c42-27-11-1-6-22(16-27)36(47)52-21-32-33(54-37(48)23-7-2-12-28(43)17-23)34(55-38(49)24-8-3-13-29(44)18-24)35(56-39(50)25-9-4-14-30(45)19-25)41(53-32)57-40(51)26-10-5-15-31(46)20-26/h1-20,32-35,41H,21H2/t32-,33-,34+,35-,41-/m0/s1. The average Bonchev–Trinajstić information content (AvgIpc) is 3.19. The monoisotopic (exact) mass is 790 g/mol. The largest absolute Gasteiger partial charge is 0.459 e. The van der Waals surface area contributed by atoms with Gasteiger partial charge in [0.05, 0.1) is 27.8 Å². The second-order valence-corrected chi connectivity index (χ2v) is 12.2. The van der Waals surface area contributed by atoms with E-state index in [9.17, 15) is 45.9 Å². The number of hydrogen-bond acceptors (Lipinski definition) is 11. The summed E-state index contributed by atoms with van der Waals surface area (Å²) in [5.74, 6) is -10.6. The van der Waals surface area contributed by atoms with Crippen LogP contribution >= 0.6 is 0 Å². The molecule has 292 valence electrons.